The van der Waals surface area contributed by atoms with Gasteiger partial charge in [-0.25, -0.2) is 4.39 Å². The monoisotopic (exact) mass is 315 g/mol. The summed E-state index contributed by atoms with van der Waals surface area (Å²) in [6.07, 6.45) is 0.0405. The molecule has 5 heteroatoms. The van der Waals surface area contributed by atoms with E-state index in [0.717, 1.165) is 4.47 Å². The Labute approximate surface area is 114 Å². The van der Waals surface area contributed by atoms with Crippen molar-refractivity contribution in [2.45, 2.75) is 19.4 Å². The van der Waals surface area contributed by atoms with Gasteiger partial charge in [0.25, 0.3) is 0 Å². The van der Waals surface area contributed by atoms with Crippen LogP contribution in [0.3, 0.4) is 0 Å². The van der Waals surface area contributed by atoms with E-state index in [1.807, 2.05) is 0 Å². The van der Waals surface area contributed by atoms with Gasteiger partial charge in [-0.3, -0.25) is 4.79 Å². The third-order valence-electron chi connectivity index (χ3n) is 3.51. The number of Topliss-reactive ketones (excluding diaryl/α,β-unsaturated/α-hetero) is 1. The molecule has 2 atom stereocenters. The topological polar surface area (TPSA) is 52.3 Å². The first-order valence-corrected chi connectivity index (χ1v) is 6.53. The van der Waals surface area contributed by atoms with Crippen LogP contribution in [0, 0.1) is 11.2 Å². The minimum Gasteiger partial charge on any atom is -0.379 e. The van der Waals surface area contributed by atoms with Crippen LogP contribution in [-0.2, 0) is 16.0 Å². The Bertz CT molecular complexity index is 480. The first-order valence-electron chi connectivity index (χ1n) is 5.74. The minimum absolute atomic E-state index is 0.0405. The summed E-state index contributed by atoms with van der Waals surface area (Å²) < 4.78 is 19.6. The maximum Gasteiger partial charge on any atom is 0.147 e. The van der Waals surface area contributed by atoms with Crippen LogP contribution in [0.4, 0.5) is 4.39 Å². The number of ketones is 1. The Morgan fingerprint density at radius 3 is 3.00 bits per heavy atom. The lowest BCUT2D eigenvalue weighted by Gasteiger charge is -2.25. The van der Waals surface area contributed by atoms with Gasteiger partial charge in [-0.15, -0.1) is 0 Å². The van der Waals surface area contributed by atoms with Crippen LogP contribution in [0.1, 0.15) is 12.5 Å². The van der Waals surface area contributed by atoms with Gasteiger partial charge in [0.1, 0.15) is 11.6 Å². The third-order valence-corrected chi connectivity index (χ3v) is 4.01. The molecule has 0 radical (unpaired) electrons. The molecule has 18 heavy (non-hydrogen) atoms. The van der Waals surface area contributed by atoms with Crippen molar-refractivity contribution in [3.8, 4) is 0 Å². The lowest BCUT2D eigenvalue weighted by molar-refractivity contribution is -0.127. The molecule has 1 aromatic carbocycles. The van der Waals surface area contributed by atoms with Gasteiger partial charge in [-0.2, -0.15) is 0 Å². The number of carbonyl (C=O) groups is 1. The fourth-order valence-electron chi connectivity index (χ4n) is 2.03. The molecule has 1 aliphatic heterocycles. The van der Waals surface area contributed by atoms with E-state index in [4.69, 9.17) is 10.5 Å². The van der Waals surface area contributed by atoms with Gasteiger partial charge < -0.3 is 10.5 Å². The summed E-state index contributed by atoms with van der Waals surface area (Å²) in [6.45, 7) is 2.47. The molecule has 0 amide bonds. The number of benzene rings is 1. The van der Waals surface area contributed by atoms with E-state index in [9.17, 15) is 9.18 Å². The quantitative estimate of drug-likeness (QED) is 0.929. The molecule has 2 N–H and O–H groups in total. The number of nitrogens with two attached hydrogens (primary N) is 1. The van der Waals surface area contributed by atoms with Crippen LogP contribution in [0.2, 0.25) is 0 Å². The number of hydrogen-bond acceptors (Lipinski definition) is 3. The molecule has 2 unspecified atom stereocenters. The second-order valence-electron chi connectivity index (χ2n) is 4.87. The molecule has 98 valence electrons. The average Bonchev–Trinajstić information content (AvgIpc) is 2.66. The Hall–Kier alpha value is -0.780. The van der Waals surface area contributed by atoms with E-state index in [0.29, 0.717) is 18.8 Å². The molecule has 0 bridgehead atoms. The fraction of sp³-hybridized carbons (Fsp3) is 0.462. The molecule has 0 saturated carbocycles. The van der Waals surface area contributed by atoms with Gasteiger partial charge in [0.05, 0.1) is 18.6 Å². The summed E-state index contributed by atoms with van der Waals surface area (Å²) >= 11 is 3.27. The van der Waals surface area contributed by atoms with Gasteiger partial charge in [0.2, 0.25) is 0 Å². The lowest BCUT2D eigenvalue weighted by Crippen LogP contribution is -2.45. The maximum absolute atomic E-state index is 13.6. The van der Waals surface area contributed by atoms with Crippen LogP contribution in [0.5, 0.6) is 0 Å². The second kappa shape index (κ2) is 5.07. The minimum atomic E-state index is -0.714. The van der Waals surface area contributed by atoms with Crippen LogP contribution < -0.4 is 5.73 Å². The summed E-state index contributed by atoms with van der Waals surface area (Å²) in [5.74, 6) is -0.452. The van der Waals surface area contributed by atoms with Crippen LogP contribution in [-0.4, -0.2) is 25.0 Å². The standard InChI is InChI=1S/C13H15BrFNO2/c1-13(7-18-6-11(13)16)12(17)5-8-4-9(14)2-3-10(8)15/h2-4,11H,5-7,16H2,1H3. The maximum atomic E-state index is 13.6. The van der Waals surface area contributed by atoms with Crippen molar-refractivity contribution in [1.82, 2.24) is 0 Å². The van der Waals surface area contributed by atoms with Gasteiger partial charge in [-0.05, 0) is 30.7 Å². The fourth-order valence-corrected chi connectivity index (χ4v) is 2.44. The zero-order valence-corrected chi connectivity index (χ0v) is 11.7. The molecular formula is C13H15BrFNO2. The molecule has 1 fully saturated rings. The summed E-state index contributed by atoms with van der Waals surface area (Å²) in [5, 5.41) is 0. The number of halogens is 2. The van der Waals surface area contributed by atoms with Crippen molar-refractivity contribution < 1.29 is 13.9 Å². The average molecular weight is 316 g/mol. The van der Waals surface area contributed by atoms with Gasteiger partial charge in [-0.1, -0.05) is 15.9 Å². The van der Waals surface area contributed by atoms with E-state index in [1.54, 1.807) is 19.1 Å². The van der Waals surface area contributed by atoms with Crippen molar-refractivity contribution in [2.24, 2.45) is 11.1 Å². The van der Waals surface area contributed by atoms with E-state index in [-0.39, 0.29) is 24.1 Å². The summed E-state index contributed by atoms with van der Waals surface area (Å²) in [5.41, 5.74) is 5.56. The van der Waals surface area contributed by atoms with Gasteiger partial charge >= 0.3 is 0 Å². The first kappa shape index (κ1) is 13.6. The molecule has 2 rings (SSSR count). The summed E-state index contributed by atoms with van der Waals surface area (Å²) in [6, 6.07) is 4.26. The van der Waals surface area contributed by atoms with Crippen LogP contribution in [0.15, 0.2) is 22.7 Å². The zero-order valence-electron chi connectivity index (χ0n) is 10.1. The molecule has 0 aliphatic carbocycles. The van der Waals surface area contributed by atoms with Crippen molar-refractivity contribution in [1.29, 1.82) is 0 Å². The molecule has 1 aliphatic rings. The normalized spacial score (nSPS) is 27.4. The zero-order chi connectivity index (χ0) is 13.3. The van der Waals surface area contributed by atoms with Crippen molar-refractivity contribution >= 4 is 21.7 Å². The number of ether oxygens (including phenoxy) is 1. The molecular weight excluding hydrogens is 301 g/mol. The molecule has 1 heterocycles. The highest BCUT2D eigenvalue weighted by atomic mass is 79.9. The highest BCUT2D eigenvalue weighted by molar-refractivity contribution is 9.10. The SMILES string of the molecule is CC1(C(=O)Cc2cc(Br)ccc2F)COCC1N. The predicted molar refractivity (Wildman–Crippen MR) is 69.7 cm³/mol. The highest BCUT2D eigenvalue weighted by Crippen LogP contribution is 2.30. The smallest absolute Gasteiger partial charge is 0.147 e. The number of hydrogen-bond donors (Lipinski definition) is 1. The highest BCUT2D eigenvalue weighted by Gasteiger charge is 2.43. The Morgan fingerprint density at radius 2 is 2.39 bits per heavy atom. The van der Waals surface area contributed by atoms with Crippen molar-refractivity contribution in [3.05, 3.63) is 34.1 Å². The molecule has 3 nitrogen and oxygen atoms in total. The largest absolute Gasteiger partial charge is 0.379 e. The summed E-state index contributed by atoms with van der Waals surface area (Å²) in [7, 11) is 0. The molecule has 1 saturated heterocycles. The van der Waals surface area contributed by atoms with E-state index >= 15 is 0 Å². The Morgan fingerprint density at radius 1 is 1.67 bits per heavy atom. The number of rotatable bonds is 3. The van der Waals surface area contributed by atoms with Gasteiger partial charge in [0, 0.05) is 16.9 Å². The molecule has 0 spiro atoms. The molecule has 0 aromatic heterocycles. The van der Waals surface area contributed by atoms with Crippen LogP contribution in [0.25, 0.3) is 0 Å². The third kappa shape index (κ3) is 2.48. The Balaban J connectivity index is 2.19. The van der Waals surface area contributed by atoms with Crippen molar-refractivity contribution in [2.75, 3.05) is 13.2 Å². The first-order chi connectivity index (χ1) is 8.43. The predicted octanol–water partition coefficient (Wildman–Crippen LogP) is 2.06. The van der Waals surface area contributed by atoms with E-state index in [1.165, 1.54) is 6.07 Å². The number of carbonyl (C=O) groups excluding carboxylic acids is 1. The lowest BCUT2D eigenvalue weighted by atomic mass is 9.79. The Kier molecular flexibility index (Phi) is 3.84. The van der Waals surface area contributed by atoms with E-state index < -0.39 is 5.41 Å². The van der Waals surface area contributed by atoms with E-state index in [2.05, 4.69) is 15.9 Å². The van der Waals surface area contributed by atoms with Gasteiger partial charge in [0.15, 0.2) is 0 Å². The molecule has 1 aromatic rings. The van der Waals surface area contributed by atoms with Crippen LogP contribution >= 0.6 is 15.9 Å². The second-order valence-corrected chi connectivity index (χ2v) is 5.79. The van der Waals surface area contributed by atoms with Crippen molar-refractivity contribution in [3.63, 3.8) is 0 Å². The summed E-state index contributed by atoms with van der Waals surface area (Å²) in [4.78, 5) is 12.3.